The zero-order valence-electron chi connectivity index (χ0n) is 20.6. The summed E-state index contributed by atoms with van der Waals surface area (Å²) in [5.74, 6) is 1.36. The third-order valence-electron chi connectivity index (χ3n) is 7.40. The van der Waals surface area contributed by atoms with Gasteiger partial charge in [0.05, 0.1) is 13.2 Å². The number of hydrogen-bond acceptors (Lipinski definition) is 4. The Kier molecular flexibility index (Phi) is 6.77. The van der Waals surface area contributed by atoms with Crippen molar-refractivity contribution in [2.24, 2.45) is 5.92 Å². The summed E-state index contributed by atoms with van der Waals surface area (Å²) in [5, 5.41) is 0.917. The maximum Gasteiger partial charge on any atom is 0.270 e. The minimum absolute atomic E-state index is 0.00149. The van der Waals surface area contributed by atoms with Gasteiger partial charge in [-0.1, -0.05) is 37.3 Å². The standard InChI is InChI=1S/C28H34N4O3/c1-20-10-12-30(13-11-20)17-23-18-31(19-27(33)32(23)16-21-6-4-3-5-7-21)28(34)26-15-22-14-24(35-2)8-9-25(22)29-26/h3-9,14-15,20,23,29H,10-13,16-19H2,1-2H3/t23-/m0/s1. The Labute approximate surface area is 206 Å². The molecular formula is C28H34N4O3. The van der Waals surface area contributed by atoms with Crippen LogP contribution in [0, 0.1) is 5.92 Å². The second kappa shape index (κ2) is 10.1. The molecule has 1 atom stereocenters. The number of methoxy groups -OCH3 is 1. The summed E-state index contributed by atoms with van der Waals surface area (Å²) >= 11 is 0. The van der Waals surface area contributed by atoms with Crippen LogP contribution in [-0.4, -0.2) is 77.4 Å². The van der Waals surface area contributed by atoms with Crippen molar-refractivity contribution in [1.29, 1.82) is 0 Å². The Morgan fingerprint density at radius 1 is 1.09 bits per heavy atom. The first kappa shape index (κ1) is 23.4. The van der Waals surface area contributed by atoms with E-state index in [1.54, 1.807) is 12.0 Å². The number of likely N-dealkylation sites (tertiary alicyclic amines) is 1. The van der Waals surface area contributed by atoms with Crippen molar-refractivity contribution < 1.29 is 14.3 Å². The van der Waals surface area contributed by atoms with E-state index in [4.69, 9.17) is 4.74 Å². The average molecular weight is 475 g/mol. The van der Waals surface area contributed by atoms with E-state index in [1.165, 1.54) is 12.8 Å². The molecule has 2 amide bonds. The lowest BCUT2D eigenvalue weighted by molar-refractivity contribution is -0.140. The van der Waals surface area contributed by atoms with Gasteiger partial charge >= 0.3 is 0 Å². The van der Waals surface area contributed by atoms with Crippen molar-refractivity contribution in [3.63, 3.8) is 0 Å². The zero-order valence-corrected chi connectivity index (χ0v) is 20.6. The van der Waals surface area contributed by atoms with Crippen LogP contribution >= 0.6 is 0 Å². The zero-order chi connectivity index (χ0) is 24.4. The van der Waals surface area contributed by atoms with Crippen molar-refractivity contribution >= 4 is 22.7 Å². The first-order valence-electron chi connectivity index (χ1n) is 12.5. The fourth-order valence-corrected chi connectivity index (χ4v) is 5.25. The van der Waals surface area contributed by atoms with Gasteiger partial charge in [-0.05, 0) is 61.7 Å². The lowest BCUT2D eigenvalue weighted by Crippen LogP contribution is -2.60. The van der Waals surface area contributed by atoms with E-state index < -0.39 is 0 Å². The summed E-state index contributed by atoms with van der Waals surface area (Å²) in [7, 11) is 1.63. The molecule has 0 saturated carbocycles. The molecule has 2 aliphatic heterocycles. The molecule has 2 aliphatic rings. The van der Waals surface area contributed by atoms with Crippen LogP contribution in [-0.2, 0) is 11.3 Å². The second-order valence-electron chi connectivity index (χ2n) is 9.97. The van der Waals surface area contributed by atoms with Crippen LogP contribution in [0.5, 0.6) is 5.75 Å². The second-order valence-corrected chi connectivity index (χ2v) is 9.97. The highest BCUT2D eigenvalue weighted by Crippen LogP contribution is 2.24. The third-order valence-corrected chi connectivity index (χ3v) is 7.40. The summed E-state index contributed by atoms with van der Waals surface area (Å²) in [5.41, 5.74) is 2.49. The predicted octanol–water partition coefficient (Wildman–Crippen LogP) is 3.76. The molecule has 0 spiro atoms. The fraction of sp³-hybridized carbons (Fsp3) is 0.429. The van der Waals surface area contributed by atoms with E-state index in [0.29, 0.717) is 18.8 Å². The molecule has 3 heterocycles. The Morgan fingerprint density at radius 3 is 2.60 bits per heavy atom. The van der Waals surface area contributed by atoms with Crippen LogP contribution in [0.2, 0.25) is 0 Å². The number of carbonyl (C=O) groups is 2. The van der Waals surface area contributed by atoms with Gasteiger partial charge in [-0.25, -0.2) is 0 Å². The van der Waals surface area contributed by atoms with Gasteiger partial charge in [0.2, 0.25) is 5.91 Å². The molecule has 0 radical (unpaired) electrons. The van der Waals surface area contributed by atoms with E-state index in [0.717, 1.165) is 47.8 Å². The molecule has 7 heteroatoms. The number of hydrogen-bond donors (Lipinski definition) is 1. The van der Waals surface area contributed by atoms with Gasteiger partial charge in [0, 0.05) is 30.5 Å². The van der Waals surface area contributed by atoms with Crippen molar-refractivity contribution in [2.75, 3.05) is 39.8 Å². The summed E-state index contributed by atoms with van der Waals surface area (Å²) in [6.07, 6.45) is 2.36. The smallest absolute Gasteiger partial charge is 0.270 e. The lowest BCUT2D eigenvalue weighted by Gasteiger charge is -2.44. The van der Waals surface area contributed by atoms with Gasteiger partial charge in [-0.15, -0.1) is 0 Å². The number of rotatable bonds is 6. The summed E-state index contributed by atoms with van der Waals surface area (Å²) in [6.45, 7) is 6.38. The summed E-state index contributed by atoms with van der Waals surface area (Å²) in [6, 6.07) is 17.6. The SMILES string of the molecule is COc1ccc2[nH]c(C(=O)N3CC(=O)N(Cc4ccccc4)[C@@H](CN4CCC(C)CC4)C3)cc2c1. The summed E-state index contributed by atoms with van der Waals surface area (Å²) in [4.78, 5) is 36.3. The van der Waals surface area contributed by atoms with Crippen molar-refractivity contribution in [3.05, 3.63) is 65.9 Å². The quantitative estimate of drug-likeness (QED) is 0.591. The molecule has 0 aliphatic carbocycles. The maximum absolute atomic E-state index is 13.5. The molecule has 7 nitrogen and oxygen atoms in total. The van der Waals surface area contributed by atoms with Gasteiger partial charge in [0.15, 0.2) is 0 Å². The maximum atomic E-state index is 13.5. The molecule has 5 rings (SSSR count). The lowest BCUT2D eigenvalue weighted by atomic mass is 9.98. The van der Waals surface area contributed by atoms with Gasteiger partial charge in [0.25, 0.3) is 5.91 Å². The normalized spacial score (nSPS) is 19.9. The molecule has 0 unspecified atom stereocenters. The van der Waals surface area contributed by atoms with E-state index in [-0.39, 0.29) is 24.4 Å². The predicted molar refractivity (Wildman–Crippen MR) is 136 cm³/mol. The van der Waals surface area contributed by atoms with Crippen LogP contribution < -0.4 is 4.74 Å². The van der Waals surface area contributed by atoms with E-state index in [2.05, 4.69) is 28.9 Å². The molecule has 2 saturated heterocycles. The molecular weight excluding hydrogens is 440 g/mol. The minimum Gasteiger partial charge on any atom is -0.497 e. The monoisotopic (exact) mass is 474 g/mol. The Hall–Kier alpha value is -3.32. The van der Waals surface area contributed by atoms with Gasteiger partial charge in [-0.2, -0.15) is 0 Å². The molecule has 2 fully saturated rings. The number of ether oxygens (including phenoxy) is 1. The molecule has 35 heavy (non-hydrogen) atoms. The molecule has 1 aromatic heterocycles. The van der Waals surface area contributed by atoms with Crippen LogP contribution in [0.4, 0.5) is 0 Å². The van der Waals surface area contributed by atoms with Crippen molar-refractivity contribution in [3.8, 4) is 5.75 Å². The van der Waals surface area contributed by atoms with Gasteiger partial charge in [0.1, 0.15) is 18.0 Å². The van der Waals surface area contributed by atoms with Crippen molar-refractivity contribution in [1.82, 2.24) is 19.7 Å². The van der Waals surface area contributed by atoms with Gasteiger partial charge < -0.3 is 24.4 Å². The minimum atomic E-state index is -0.134. The topological polar surface area (TPSA) is 68.9 Å². The largest absolute Gasteiger partial charge is 0.497 e. The number of nitrogens with one attached hydrogen (secondary N) is 1. The fourth-order valence-electron chi connectivity index (χ4n) is 5.25. The molecule has 0 bridgehead atoms. The number of aromatic nitrogens is 1. The highest BCUT2D eigenvalue weighted by molar-refractivity contribution is 6.00. The number of benzene rings is 2. The van der Waals surface area contributed by atoms with E-state index >= 15 is 0 Å². The first-order chi connectivity index (χ1) is 17.0. The van der Waals surface area contributed by atoms with Gasteiger partial charge in [-0.3, -0.25) is 9.59 Å². The highest BCUT2D eigenvalue weighted by Gasteiger charge is 2.36. The number of carbonyl (C=O) groups excluding carboxylic acids is 2. The average Bonchev–Trinajstić information content (AvgIpc) is 3.31. The number of piperidine rings is 1. The highest BCUT2D eigenvalue weighted by atomic mass is 16.5. The van der Waals surface area contributed by atoms with Crippen LogP contribution in [0.25, 0.3) is 10.9 Å². The van der Waals surface area contributed by atoms with E-state index in [1.807, 2.05) is 47.4 Å². The first-order valence-corrected chi connectivity index (χ1v) is 12.5. The molecule has 184 valence electrons. The number of H-pyrrole nitrogens is 1. The number of aromatic amines is 1. The number of nitrogens with zero attached hydrogens (tertiary/aromatic N) is 3. The molecule has 1 N–H and O–H groups in total. The molecule has 3 aromatic rings. The Morgan fingerprint density at radius 2 is 1.86 bits per heavy atom. The van der Waals surface area contributed by atoms with E-state index in [9.17, 15) is 9.59 Å². The Balaban J connectivity index is 1.36. The van der Waals surface area contributed by atoms with Crippen molar-refractivity contribution in [2.45, 2.75) is 32.4 Å². The Bertz CT molecular complexity index is 1180. The molecule has 2 aromatic carbocycles. The van der Waals surface area contributed by atoms with Crippen LogP contribution in [0.3, 0.4) is 0 Å². The number of fused-ring (bicyclic) bond motifs is 1. The number of amides is 2. The number of piperazine rings is 1. The van der Waals surface area contributed by atoms with Crippen LogP contribution in [0.15, 0.2) is 54.6 Å². The van der Waals surface area contributed by atoms with Crippen LogP contribution in [0.1, 0.15) is 35.8 Å². The third kappa shape index (κ3) is 5.20. The summed E-state index contributed by atoms with van der Waals surface area (Å²) < 4.78 is 5.31.